The molecule has 2 atom stereocenters. The smallest absolute Gasteiger partial charge is 0.311 e. The highest BCUT2D eigenvalue weighted by atomic mass is 35.5. The monoisotopic (exact) mass is 284 g/mol. The van der Waals surface area contributed by atoms with Crippen LogP contribution >= 0.6 is 11.6 Å². The van der Waals surface area contributed by atoms with Crippen LogP contribution < -0.4 is 0 Å². The number of carboxylic acids is 1. The highest BCUT2D eigenvalue weighted by molar-refractivity contribution is 6.29. The van der Waals surface area contributed by atoms with Crippen LogP contribution in [0.5, 0.6) is 0 Å². The van der Waals surface area contributed by atoms with Crippen molar-refractivity contribution in [3.63, 3.8) is 0 Å². The van der Waals surface area contributed by atoms with E-state index in [1.165, 1.54) is 11.0 Å². The number of carboxylic acid groups (broad SMARTS) is 1. The number of likely N-dealkylation sites (N-methyl/N-ethyl adjacent to an activating group) is 1. The van der Waals surface area contributed by atoms with Gasteiger partial charge in [0.25, 0.3) is 5.91 Å². The van der Waals surface area contributed by atoms with E-state index in [2.05, 4.69) is 4.98 Å². The largest absolute Gasteiger partial charge is 0.481 e. The molecule has 102 valence electrons. The third-order valence-corrected chi connectivity index (χ3v) is 3.33. The fraction of sp³-hybridized carbons (Fsp3) is 0.417. The second kappa shape index (κ2) is 5.54. The van der Waals surface area contributed by atoms with Crippen molar-refractivity contribution in [2.45, 2.75) is 6.04 Å². The molecular weight excluding hydrogens is 272 g/mol. The summed E-state index contributed by atoms with van der Waals surface area (Å²) in [5.74, 6) is -2.06. The zero-order valence-corrected chi connectivity index (χ0v) is 11.0. The highest BCUT2D eigenvalue weighted by Gasteiger charge is 2.38. The van der Waals surface area contributed by atoms with Gasteiger partial charge in [-0.1, -0.05) is 17.7 Å². The van der Waals surface area contributed by atoms with E-state index in [1.54, 1.807) is 19.2 Å². The number of amides is 1. The summed E-state index contributed by atoms with van der Waals surface area (Å²) in [5, 5.41) is 9.29. The van der Waals surface area contributed by atoms with E-state index in [0.29, 0.717) is 0 Å². The first-order valence-corrected chi connectivity index (χ1v) is 6.08. The molecule has 2 rings (SSSR count). The fourth-order valence-electron chi connectivity index (χ4n) is 2.02. The van der Waals surface area contributed by atoms with Crippen LogP contribution in [0, 0.1) is 5.92 Å². The van der Waals surface area contributed by atoms with Gasteiger partial charge in [-0.15, -0.1) is 0 Å². The zero-order valence-electron chi connectivity index (χ0n) is 10.2. The van der Waals surface area contributed by atoms with Crippen LogP contribution in [0.25, 0.3) is 0 Å². The van der Waals surface area contributed by atoms with Crippen LogP contribution in [0.1, 0.15) is 10.5 Å². The molecule has 0 aliphatic carbocycles. The molecule has 1 saturated heterocycles. The Kier molecular flexibility index (Phi) is 4.01. The molecule has 0 aromatic carbocycles. The van der Waals surface area contributed by atoms with Crippen molar-refractivity contribution in [2.75, 3.05) is 20.3 Å². The summed E-state index contributed by atoms with van der Waals surface area (Å²) in [4.78, 5) is 28.6. The SMILES string of the molecule is CN(C(=O)c1cccc(Cl)n1)C1COCC1C(=O)O. The van der Waals surface area contributed by atoms with Crippen molar-refractivity contribution in [3.05, 3.63) is 29.0 Å². The molecule has 1 fully saturated rings. The molecule has 7 heteroatoms. The van der Waals surface area contributed by atoms with Gasteiger partial charge in [0, 0.05) is 7.05 Å². The van der Waals surface area contributed by atoms with Gasteiger partial charge >= 0.3 is 5.97 Å². The Morgan fingerprint density at radius 2 is 2.21 bits per heavy atom. The van der Waals surface area contributed by atoms with Gasteiger partial charge in [0.05, 0.1) is 19.3 Å². The van der Waals surface area contributed by atoms with Crippen LogP contribution in [-0.2, 0) is 9.53 Å². The van der Waals surface area contributed by atoms with Crippen LogP contribution in [0.4, 0.5) is 0 Å². The van der Waals surface area contributed by atoms with E-state index in [9.17, 15) is 9.59 Å². The summed E-state index contributed by atoms with van der Waals surface area (Å²) in [6.07, 6.45) is 0. The highest BCUT2D eigenvalue weighted by Crippen LogP contribution is 2.20. The van der Waals surface area contributed by atoms with Crippen molar-refractivity contribution in [1.29, 1.82) is 0 Å². The van der Waals surface area contributed by atoms with Gasteiger partial charge in [0.15, 0.2) is 0 Å². The fourth-order valence-corrected chi connectivity index (χ4v) is 2.18. The first-order valence-electron chi connectivity index (χ1n) is 5.71. The van der Waals surface area contributed by atoms with Gasteiger partial charge in [-0.2, -0.15) is 0 Å². The molecule has 0 saturated carbocycles. The maximum atomic E-state index is 12.2. The van der Waals surface area contributed by atoms with Crippen LogP contribution in [-0.4, -0.2) is 53.2 Å². The minimum absolute atomic E-state index is 0.112. The van der Waals surface area contributed by atoms with Gasteiger partial charge in [0.1, 0.15) is 16.8 Å². The van der Waals surface area contributed by atoms with Crippen molar-refractivity contribution < 1.29 is 19.4 Å². The predicted molar refractivity (Wildman–Crippen MR) is 67.1 cm³/mol. The Hall–Kier alpha value is -1.66. The lowest BCUT2D eigenvalue weighted by molar-refractivity contribution is -0.142. The quantitative estimate of drug-likeness (QED) is 0.835. The molecule has 1 aliphatic heterocycles. The summed E-state index contributed by atoms with van der Waals surface area (Å²) < 4.78 is 5.14. The van der Waals surface area contributed by atoms with E-state index in [1.807, 2.05) is 0 Å². The molecule has 1 aromatic heterocycles. The lowest BCUT2D eigenvalue weighted by Crippen LogP contribution is -2.44. The number of hydrogen-bond donors (Lipinski definition) is 1. The predicted octanol–water partition coefficient (Wildman–Crippen LogP) is 0.907. The number of halogens is 1. The molecule has 1 amide bonds. The van der Waals surface area contributed by atoms with E-state index < -0.39 is 17.9 Å². The van der Waals surface area contributed by atoms with Crippen LogP contribution in [0.15, 0.2) is 18.2 Å². The molecule has 2 unspecified atom stereocenters. The molecule has 6 nitrogen and oxygen atoms in total. The Labute approximate surface area is 114 Å². The number of aliphatic carboxylic acids is 1. The molecule has 2 heterocycles. The van der Waals surface area contributed by atoms with E-state index in [4.69, 9.17) is 21.4 Å². The van der Waals surface area contributed by atoms with Crippen molar-refractivity contribution in [3.8, 4) is 0 Å². The number of pyridine rings is 1. The topological polar surface area (TPSA) is 79.7 Å². The summed E-state index contributed by atoms with van der Waals surface area (Å²) in [7, 11) is 1.54. The Morgan fingerprint density at radius 1 is 1.47 bits per heavy atom. The van der Waals surface area contributed by atoms with Gasteiger partial charge in [-0.05, 0) is 12.1 Å². The summed E-state index contributed by atoms with van der Waals surface area (Å²) in [5.41, 5.74) is 0.186. The molecule has 19 heavy (non-hydrogen) atoms. The zero-order chi connectivity index (χ0) is 14.0. The normalized spacial score (nSPS) is 22.2. The first kappa shape index (κ1) is 13.8. The second-order valence-corrected chi connectivity index (χ2v) is 4.70. The number of ether oxygens (including phenoxy) is 1. The van der Waals surface area contributed by atoms with Gasteiger partial charge < -0.3 is 14.7 Å². The van der Waals surface area contributed by atoms with E-state index in [0.717, 1.165) is 0 Å². The molecule has 0 spiro atoms. The van der Waals surface area contributed by atoms with Gasteiger partial charge in [-0.3, -0.25) is 9.59 Å². The molecular formula is C12H13ClN2O4. The standard InChI is InChI=1S/C12H13ClN2O4/c1-15(9-6-19-5-7(9)12(17)18)11(16)8-3-2-4-10(13)14-8/h2-4,7,9H,5-6H2,1H3,(H,17,18). The molecule has 0 bridgehead atoms. The molecule has 1 aromatic rings. The summed E-state index contributed by atoms with van der Waals surface area (Å²) in [6.45, 7) is 0.320. The molecule has 1 aliphatic rings. The lowest BCUT2D eigenvalue weighted by atomic mass is 10.0. The number of rotatable bonds is 3. The average Bonchev–Trinajstić information content (AvgIpc) is 2.86. The minimum Gasteiger partial charge on any atom is -0.481 e. The van der Waals surface area contributed by atoms with Crippen LogP contribution in [0.2, 0.25) is 5.15 Å². The Morgan fingerprint density at radius 3 is 2.84 bits per heavy atom. The number of nitrogens with zero attached hydrogens (tertiary/aromatic N) is 2. The number of aromatic nitrogens is 1. The third-order valence-electron chi connectivity index (χ3n) is 3.12. The Bertz CT molecular complexity index is 508. The Balaban J connectivity index is 2.17. The maximum absolute atomic E-state index is 12.2. The summed E-state index contributed by atoms with van der Waals surface area (Å²) in [6, 6.07) is 4.23. The third kappa shape index (κ3) is 2.85. The number of carbonyl (C=O) groups is 2. The number of hydrogen-bond acceptors (Lipinski definition) is 4. The van der Waals surface area contributed by atoms with Crippen molar-refractivity contribution >= 4 is 23.5 Å². The van der Waals surface area contributed by atoms with Gasteiger partial charge in [0.2, 0.25) is 0 Å². The van der Waals surface area contributed by atoms with E-state index in [-0.39, 0.29) is 30.0 Å². The summed E-state index contributed by atoms with van der Waals surface area (Å²) >= 11 is 5.73. The first-order chi connectivity index (χ1) is 9.00. The van der Waals surface area contributed by atoms with Crippen molar-refractivity contribution in [1.82, 2.24) is 9.88 Å². The molecule has 0 radical (unpaired) electrons. The maximum Gasteiger partial charge on any atom is 0.311 e. The number of carbonyl (C=O) groups excluding carboxylic acids is 1. The lowest BCUT2D eigenvalue weighted by Gasteiger charge is -2.25. The minimum atomic E-state index is -0.971. The van der Waals surface area contributed by atoms with Crippen LogP contribution in [0.3, 0.4) is 0 Å². The van der Waals surface area contributed by atoms with E-state index >= 15 is 0 Å². The average molecular weight is 285 g/mol. The van der Waals surface area contributed by atoms with Gasteiger partial charge in [-0.25, -0.2) is 4.98 Å². The second-order valence-electron chi connectivity index (χ2n) is 4.31. The van der Waals surface area contributed by atoms with Crippen molar-refractivity contribution in [2.24, 2.45) is 5.92 Å². The molecule has 1 N–H and O–H groups in total.